The number of allylic oxidation sites excluding steroid dienone is 1. The number of aromatic hydroxyl groups is 1. The van der Waals surface area contributed by atoms with E-state index in [0.29, 0.717) is 12.0 Å². The van der Waals surface area contributed by atoms with Crippen molar-refractivity contribution in [1.29, 1.82) is 0 Å². The van der Waals surface area contributed by atoms with Crippen molar-refractivity contribution in [2.75, 3.05) is 31.2 Å². The first-order valence-corrected chi connectivity index (χ1v) is 8.21. The zero-order valence-electron chi connectivity index (χ0n) is 13.4. The molecule has 2 aromatic carbocycles. The SMILES string of the molecule is O=C1C(=Cc2ccc(N3CCOCC3)cc2)Cc2cc(O)ccc21. The summed E-state index contributed by atoms with van der Waals surface area (Å²) in [6.07, 6.45) is 2.52. The van der Waals surface area contributed by atoms with Crippen LogP contribution in [0.25, 0.3) is 6.08 Å². The van der Waals surface area contributed by atoms with Gasteiger partial charge in [0.25, 0.3) is 0 Å². The van der Waals surface area contributed by atoms with E-state index in [-0.39, 0.29) is 11.5 Å². The molecule has 1 fully saturated rings. The molecule has 1 aliphatic heterocycles. The number of carbonyl (C=O) groups is 1. The maximum Gasteiger partial charge on any atom is 0.189 e. The van der Waals surface area contributed by atoms with E-state index in [1.165, 1.54) is 5.69 Å². The Morgan fingerprint density at radius 2 is 1.79 bits per heavy atom. The number of Topliss-reactive ketones (excluding diaryl/α,β-unsaturated/α-hetero) is 1. The molecule has 0 atom stereocenters. The normalized spacial score (nSPS) is 18.9. The van der Waals surface area contributed by atoms with Gasteiger partial charge in [-0.2, -0.15) is 0 Å². The van der Waals surface area contributed by atoms with E-state index in [2.05, 4.69) is 17.0 Å². The van der Waals surface area contributed by atoms with Crippen LogP contribution >= 0.6 is 0 Å². The summed E-state index contributed by atoms with van der Waals surface area (Å²) in [6, 6.07) is 13.2. The largest absolute Gasteiger partial charge is 0.508 e. The molecule has 122 valence electrons. The Morgan fingerprint density at radius 3 is 2.54 bits per heavy atom. The van der Waals surface area contributed by atoms with Gasteiger partial charge in [-0.15, -0.1) is 0 Å². The minimum Gasteiger partial charge on any atom is -0.508 e. The van der Waals surface area contributed by atoms with Crippen molar-refractivity contribution in [3.63, 3.8) is 0 Å². The molecule has 1 N–H and O–H groups in total. The predicted octanol–water partition coefficient (Wildman–Crippen LogP) is 3.05. The van der Waals surface area contributed by atoms with Crippen molar-refractivity contribution < 1.29 is 14.6 Å². The number of ether oxygens (including phenoxy) is 1. The van der Waals surface area contributed by atoms with Gasteiger partial charge in [-0.3, -0.25) is 4.79 Å². The van der Waals surface area contributed by atoms with Gasteiger partial charge in [0.2, 0.25) is 0 Å². The van der Waals surface area contributed by atoms with E-state index in [1.807, 2.05) is 18.2 Å². The number of hydrogen-bond donors (Lipinski definition) is 1. The summed E-state index contributed by atoms with van der Waals surface area (Å²) < 4.78 is 5.38. The first kappa shape index (κ1) is 15.0. The molecule has 2 aromatic rings. The second kappa shape index (κ2) is 6.13. The third-order valence-electron chi connectivity index (χ3n) is 4.62. The minimum absolute atomic E-state index is 0.0576. The number of morpholine rings is 1. The first-order valence-electron chi connectivity index (χ1n) is 8.21. The molecule has 4 nitrogen and oxygen atoms in total. The number of phenols is 1. The van der Waals surface area contributed by atoms with Crippen LogP contribution in [0.15, 0.2) is 48.0 Å². The number of benzene rings is 2. The van der Waals surface area contributed by atoms with Gasteiger partial charge in [0, 0.05) is 36.3 Å². The molecule has 0 amide bonds. The third kappa shape index (κ3) is 2.81. The smallest absolute Gasteiger partial charge is 0.189 e. The molecule has 0 aromatic heterocycles. The van der Waals surface area contributed by atoms with E-state index in [9.17, 15) is 9.90 Å². The highest BCUT2D eigenvalue weighted by Gasteiger charge is 2.24. The molecule has 0 bridgehead atoms. The second-order valence-corrected chi connectivity index (χ2v) is 6.21. The van der Waals surface area contributed by atoms with E-state index in [1.54, 1.807) is 18.2 Å². The zero-order chi connectivity index (χ0) is 16.5. The Bertz CT molecular complexity index is 802. The molecule has 0 unspecified atom stereocenters. The van der Waals surface area contributed by atoms with Crippen LogP contribution in [0.1, 0.15) is 21.5 Å². The summed E-state index contributed by atoms with van der Waals surface area (Å²) in [4.78, 5) is 14.8. The molecule has 4 rings (SSSR count). The Labute approximate surface area is 141 Å². The van der Waals surface area contributed by atoms with Crippen LogP contribution in [0.3, 0.4) is 0 Å². The van der Waals surface area contributed by atoms with Crippen molar-refractivity contribution in [1.82, 2.24) is 0 Å². The number of ketones is 1. The predicted molar refractivity (Wildman–Crippen MR) is 93.6 cm³/mol. The molecular weight excluding hydrogens is 302 g/mol. The monoisotopic (exact) mass is 321 g/mol. The topological polar surface area (TPSA) is 49.8 Å². The van der Waals surface area contributed by atoms with Crippen molar-refractivity contribution in [2.45, 2.75) is 6.42 Å². The molecule has 1 aliphatic carbocycles. The number of phenolic OH excluding ortho intramolecular Hbond substituents is 1. The Kier molecular flexibility index (Phi) is 3.82. The quantitative estimate of drug-likeness (QED) is 0.864. The Hall–Kier alpha value is -2.59. The number of nitrogens with zero attached hydrogens (tertiary/aromatic N) is 1. The Morgan fingerprint density at radius 1 is 1.04 bits per heavy atom. The van der Waals surface area contributed by atoms with Gasteiger partial charge in [0.05, 0.1) is 13.2 Å². The molecular formula is C20H19NO3. The molecule has 0 saturated carbocycles. The number of rotatable bonds is 2. The van der Waals surface area contributed by atoms with E-state index in [4.69, 9.17) is 4.74 Å². The van der Waals surface area contributed by atoms with Crippen LogP contribution in [0, 0.1) is 0 Å². The lowest BCUT2D eigenvalue weighted by Gasteiger charge is -2.28. The lowest BCUT2D eigenvalue weighted by atomic mass is 10.1. The highest BCUT2D eigenvalue weighted by molar-refractivity contribution is 6.15. The van der Waals surface area contributed by atoms with Crippen LogP contribution in [-0.4, -0.2) is 37.2 Å². The average molecular weight is 321 g/mol. The van der Waals surface area contributed by atoms with E-state index >= 15 is 0 Å². The fourth-order valence-corrected chi connectivity index (χ4v) is 3.33. The van der Waals surface area contributed by atoms with Gasteiger partial charge in [-0.1, -0.05) is 12.1 Å². The third-order valence-corrected chi connectivity index (χ3v) is 4.62. The summed E-state index contributed by atoms with van der Waals surface area (Å²) >= 11 is 0. The van der Waals surface area contributed by atoms with Gasteiger partial charge < -0.3 is 14.7 Å². The minimum atomic E-state index is 0.0576. The molecule has 2 aliphatic rings. The Balaban J connectivity index is 1.55. The van der Waals surface area contributed by atoms with Crippen molar-refractivity contribution in [2.24, 2.45) is 0 Å². The highest BCUT2D eigenvalue weighted by Crippen LogP contribution is 2.30. The number of fused-ring (bicyclic) bond motifs is 1. The maximum absolute atomic E-state index is 12.5. The number of hydrogen-bond acceptors (Lipinski definition) is 4. The standard InChI is InChI=1S/C20H19NO3/c22-18-5-6-19-15(13-18)12-16(20(19)23)11-14-1-3-17(4-2-14)21-7-9-24-10-8-21/h1-6,11,13,22H,7-10,12H2. The molecule has 1 heterocycles. The maximum atomic E-state index is 12.5. The van der Waals surface area contributed by atoms with Crippen LogP contribution < -0.4 is 4.90 Å². The summed E-state index contributed by atoms with van der Waals surface area (Å²) in [5, 5.41) is 9.57. The van der Waals surface area contributed by atoms with Gasteiger partial charge in [0.15, 0.2) is 5.78 Å². The summed E-state index contributed by atoms with van der Waals surface area (Å²) in [6.45, 7) is 3.37. The van der Waals surface area contributed by atoms with Crippen LogP contribution in [-0.2, 0) is 11.2 Å². The molecule has 24 heavy (non-hydrogen) atoms. The second-order valence-electron chi connectivity index (χ2n) is 6.21. The number of carbonyl (C=O) groups excluding carboxylic acids is 1. The van der Waals surface area contributed by atoms with Crippen molar-refractivity contribution in [3.05, 3.63) is 64.7 Å². The lowest BCUT2D eigenvalue weighted by molar-refractivity contribution is 0.104. The van der Waals surface area contributed by atoms with Gasteiger partial charge in [-0.25, -0.2) is 0 Å². The highest BCUT2D eigenvalue weighted by atomic mass is 16.5. The van der Waals surface area contributed by atoms with Gasteiger partial charge >= 0.3 is 0 Å². The van der Waals surface area contributed by atoms with Gasteiger partial charge in [0.1, 0.15) is 5.75 Å². The number of anilines is 1. The van der Waals surface area contributed by atoms with Gasteiger partial charge in [-0.05, 0) is 47.5 Å². The average Bonchev–Trinajstić information content (AvgIpc) is 2.91. The van der Waals surface area contributed by atoms with Crippen molar-refractivity contribution in [3.8, 4) is 5.75 Å². The van der Waals surface area contributed by atoms with Crippen LogP contribution in [0.2, 0.25) is 0 Å². The molecule has 4 heteroatoms. The fourth-order valence-electron chi connectivity index (χ4n) is 3.33. The summed E-state index contributed by atoms with van der Waals surface area (Å²) in [5.41, 5.74) is 4.58. The van der Waals surface area contributed by atoms with Crippen LogP contribution in [0.5, 0.6) is 5.75 Å². The van der Waals surface area contributed by atoms with E-state index in [0.717, 1.165) is 43.0 Å². The van der Waals surface area contributed by atoms with Crippen molar-refractivity contribution >= 4 is 17.5 Å². The van der Waals surface area contributed by atoms with Crippen LogP contribution in [0.4, 0.5) is 5.69 Å². The summed E-state index contributed by atoms with van der Waals surface area (Å²) in [7, 11) is 0. The fraction of sp³-hybridized carbons (Fsp3) is 0.250. The zero-order valence-corrected chi connectivity index (χ0v) is 13.4. The summed E-state index contributed by atoms with van der Waals surface area (Å²) in [5.74, 6) is 0.264. The van der Waals surface area contributed by atoms with E-state index < -0.39 is 0 Å². The lowest BCUT2D eigenvalue weighted by Crippen LogP contribution is -2.36. The molecule has 1 saturated heterocycles. The first-order chi connectivity index (χ1) is 11.7. The molecule has 0 spiro atoms. The molecule has 0 radical (unpaired) electrons.